The molecule has 4 heterocycles. The summed E-state index contributed by atoms with van der Waals surface area (Å²) in [5, 5.41) is 2.06. The normalized spacial score (nSPS) is 22.8. The molecule has 4 rings (SSSR count). The van der Waals surface area contributed by atoms with E-state index in [4.69, 9.17) is 0 Å². The van der Waals surface area contributed by atoms with Crippen LogP contribution >= 0.6 is 11.3 Å². The van der Waals surface area contributed by atoms with Gasteiger partial charge in [0.05, 0.1) is 6.26 Å². The predicted molar refractivity (Wildman–Crippen MR) is 107 cm³/mol. The predicted octanol–water partition coefficient (Wildman–Crippen LogP) is 1.92. The van der Waals surface area contributed by atoms with Gasteiger partial charge in [-0.25, -0.2) is 12.7 Å². The third-order valence-electron chi connectivity index (χ3n) is 5.56. The third kappa shape index (κ3) is 3.89. The van der Waals surface area contributed by atoms with E-state index >= 15 is 0 Å². The molecule has 0 aromatic carbocycles. The molecule has 0 unspecified atom stereocenters. The van der Waals surface area contributed by atoms with Gasteiger partial charge < -0.3 is 4.57 Å². The van der Waals surface area contributed by atoms with E-state index in [9.17, 15) is 13.2 Å². The van der Waals surface area contributed by atoms with Crippen molar-refractivity contribution in [2.24, 2.45) is 5.92 Å². The van der Waals surface area contributed by atoms with E-state index in [1.807, 2.05) is 29.8 Å². The molecule has 6 nitrogen and oxygen atoms in total. The van der Waals surface area contributed by atoms with Crippen molar-refractivity contribution in [2.45, 2.75) is 32.0 Å². The highest BCUT2D eigenvalue weighted by Gasteiger charge is 2.37. The molecular formula is C19H25N3O3S2. The van der Waals surface area contributed by atoms with Gasteiger partial charge in [-0.15, -0.1) is 11.3 Å². The average molecular weight is 408 g/mol. The van der Waals surface area contributed by atoms with Gasteiger partial charge in [-0.3, -0.25) is 9.69 Å². The zero-order chi connectivity index (χ0) is 19.2. The first-order valence-electron chi connectivity index (χ1n) is 9.20. The maximum absolute atomic E-state index is 13.1. The number of fused-ring (bicyclic) bond motifs is 4. The van der Waals surface area contributed by atoms with Gasteiger partial charge in [0, 0.05) is 54.8 Å². The Balaban J connectivity index is 1.56. The zero-order valence-corrected chi connectivity index (χ0v) is 17.3. The van der Waals surface area contributed by atoms with Crippen LogP contribution in [0.25, 0.3) is 0 Å². The van der Waals surface area contributed by atoms with Crippen molar-refractivity contribution in [3.63, 3.8) is 0 Å². The van der Waals surface area contributed by atoms with Gasteiger partial charge >= 0.3 is 0 Å². The molecule has 2 aromatic rings. The summed E-state index contributed by atoms with van der Waals surface area (Å²) < 4.78 is 27.4. The Bertz CT molecular complexity index is 982. The quantitative estimate of drug-likeness (QED) is 0.760. The molecule has 1 fully saturated rings. The highest BCUT2D eigenvalue weighted by atomic mass is 32.2. The van der Waals surface area contributed by atoms with Crippen LogP contribution in [0.15, 0.2) is 34.4 Å². The van der Waals surface area contributed by atoms with E-state index in [1.165, 1.54) is 11.1 Å². The lowest BCUT2D eigenvalue weighted by molar-refractivity contribution is 0.186. The Morgan fingerprint density at radius 3 is 2.70 bits per heavy atom. The first kappa shape index (κ1) is 18.9. The standard InChI is InChI=1S/C19H25N3O3S2/c1-20(13-17-4-3-7-26-17)11-15-5-6-18-16-8-14(10-22(18)19(15)23)9-21(12-16)27(2,24)25/h3-7,14,16H,8-13H2,1-2H3/t14-,16+/m0/s1. The highest BCUT2D eigenvalue weighted by Crippen LogP contribution is 2.36. The number of sulfonamides is 1. The van der Waals surface area contributed by atoms with Crippen LogP contribution in [0, 0.1) is 5.92 Å². The van der Waals surface area contributed by atoms with E-state index in [1.54, 1.807) is 15.6 Å². The second-order valence-corrected chi connectivity index (χ2v) is 10.8. The lowest BCUT2D eigenvalue weighted by atomic mass is 9.84. The topological polar surface area (TPSA) is 62.6 Å². The summed E-state index contributed by atoms with van der Waals surface area (Å²) in [6.07, 6.45) is 2.23. The van der Waals surface area contributed by atoms with Crippen molar-refractivity contribution < 1.29 is 8.42 Å². The molecule has 2 bridgehead atoms. The van der Waals surface area contributed by atoms with Crippen LogP contribution in [0.4, 0.5) is 0 Å². The fraction of sp³-hybridized carbons (Fsp3) is 0.526. The van der Waals surface area contributed by atoms with Crippen molar-refractivity contribution in [3.8, 4) is 0 Å². The van der Waals surface area contributed by atoms with Gasteiger partial charge in [0.25, 0.3) is 5.56 Å². The van der Waals surface area contributed by atoms with Crippen LogP contribution < -0.4 is 5.56 Å². The number of rotatable bonds is 5. The minimum Gasteiger partial charge on any atom is -0.312 e. The number of piperidine rings is 1. The van der Waals surface area contributed by atoms with Gasteiger partial charge in [0.15, 0.2) is 0 Å². The van der Waals surface area contributed by atoms with E-state index < -0.39 is 10.0 Å². The fourth-order valence-corrected chi connectivity index (χ4v) is 6.07. The van der Waals surface area contributed by atoms with Crippen LogP contribution in [-0.4, -0.2) is 48.6 Å². The van der Waals surface area contributed by atoms with Gasteiger partial charge in [-0.05, 0) is 36.9 Å². The first-order valence-corrected chi connectivity index (χ1v) is 11.9. The second-order valence-electron chi connectivity index (χ2n) is 7.83. The van der Waals surface area contributed by atoms with E-state index in [0.29, 0.717) is 26.2 Å². The maximum Gasteiger partial charge on any atom is 0.255 e. The van der Waals surface area contributed by atoms with Crippen molar-refractivity contribution in [1.29, 1.82) is 0 Å². The molecule has 27 heavy (non-hydrogen) atoms. The fourth-order valence-electron chi connectivity index (χ4n) is 4.35. The summed E-state index contributed by atoms with van der Waals surface area (Å²) >= 11 is 1.72. The van der Waals surface area contributed by atoms with Gasteiger partial charge in [-0.1, -0.05) is 12.1 Å². The molecule has 146 valence electrons. The number of nitrogens with zero attached hydrogens (tertiary/aromatic N) is 3. The van der Waals surface area contributed by atoms with Crippen molar-refractivity contribution in [1.82, 2.24) is 13.8 Å². The number of thiophene rings is 1. The van der Waals surface area contributed by atoms with Gasteiger partial charge in [0.2, 0.25) is 10.0 Å². The molecule has 2 aromatic heterocycles. The molecule has 0 N–H and O–H groups in total. The summed E-state index contributed by atoms with van der Waals surface area (Å²) in [4.78, 5) is 16.5. The van der Waals surface area contributed by atoms with Gasteiger partial charge in [-0.2, -0.15) is 0 Å². The number of aromatic nitrogens is 1. The van der Waals surface area contributed by atoms with E-state index in [-0.39, 0.29) is 17.4 Å². The summed E-state index contributed by atoms with van der Waals surface area (Å²) in [7, 11) is -1.16. The maximum atomic E-state index is 13.1. The molecule has 2 atom stereocenters. The van der Waals surface area contributed by atoms with Crippen molar-refractivity contribution >= 4 is 21.4 Å². The second kappa shape index (κ2) is 7.16. The minimum absolute atomic E-state index is 0.0769. The molecule has 2 aliphatic heterocycles. The molecule has 2 aliphatic rings. The molecule has 0 radical (unpaired) electrons. The Morgan fingerprint density at radius 2 is 2.00 bits per heavy atom. The molecule has 0 spiro atoms. The van der Waals surface area contributed by atoms with Crippen molar-refractivity contribution in [3.05, 3.63) is 56.1 Å². The van der Waals surface area contributed by atoms with Crippen LogP contribution in [0.1, 0.15) is 28.5 Å². The SMILES string of the molecule is CN(Cc1cccs1)Cc1ccc2n(c1=O)C[C@H]1C[C@@H]2CN(S(C)(=O)=O)C1. The van der Waals surface area contributed by atoms with Gasteiger partial charge in [0.1, 0.15) is 0 Å². The summed E-state index contributed by atoms with van der Waals surface area (Å²) in [5.74, 6) is 0.320. The van der Waals surface area contributed by atoms with Crippen LogP contribution in [0.2, 0.25) is 0 Å². The third-order valence-corrected chi connectivity index (χ3v) is 7.66. The first-order chi connectivity index (χ1) is 12.8. The van der Waals surface area contributed by atoms with Crippen LogP contribution in [-0.2, 0) is 29.7 Å². The van der Waals surface area contributed by atoms with Crippen LogP contribution in [0.5, 0.6) is 0 Å². The monoisotopic (exact) mass is 407 g/mol. The molecule has 0 amide bonds. The van der Waals surface area contributed by atoms with E-state index in [0.717, 1.165) is 24.2 Å². The Hall–Kier alpha value is -1.48. The Morgan fingerprint density at radius 1 is 1.19 bits per heavy atom. The smallest absolute Gasteiger partial charge is 0.255 e. The average Bonchev–Trinajstić information content (AvgIpc) is 3.10. The lowest BCUT2D eigenvalue weighted by Gasteiger charge is -2.41. The molecular weight excluding hydrogens is 382 g/mol. The van der Waals surface area contributed by atoms with E-state index in [2.05, 4.69) is 16.3 Å². The molecule has 8 heteroatoms. The molecule has 0 saturated carbocycles. The highest BCUT2D eigenvalue weighted by molar-refractivity contribution is 7.88. The number of hydrogen-bond donors (Lipinski definition) is 0. The lowest BCUT2D eigenvalue weighted by Crippen LogP contribution is -2.49. The summed E-state index contributed by atoms with van der Waals surface area (Å²) in [6.45, 7) is 3.05. The molecule has 1 saturated heterocycles. The minimum atomic E-state index is -3.19. The van der Waals surface area contributed by atoms with Crippen molar-refractivity contribution in [2.75, 3.05) is 26.4 Å². The largest absolute Gasteiger partial charge is 0.312 e. The zero-order valence-electron chi connectivity index (χ0n) is 15.7. The van der Waals surface area contributed by atoms with Crippen LogP contribution in [0.3, 0.4) is 0 Å². The summed E-state index contributed by atoms with van der Waals surface area (Å²) in [6, 6.07) is 8.11. The Labute approximate surface area is 164 Å². The number of hydrogen-bond acceptors (Lipinski definition) is 5. The molecule has 0 aliphatic carbocycles. The number of pyridine rings is 1. The summed E-state index contributed by atoms with van der Waals surface area (Å²) in [5.41, 5.74) is 1.86. The Kier molecular flexibility index (Phi) is 5.00.